The van der Waals surface area contributed by atoms with E-state index in [0.717, 1.165) is 43.1 Å². The first kappa shape index (κ1) is 19.2. The smallest absolute Gasteiger partial charge is 0.123 e. The van der Waals surface area contributed by atoms with Crippen molar-refractivity contribution in [3.05, 3.63) is 71.2 Å². The van der Waals surface area contributed by atoms with Gasteiger partial charge in [-0.15, -0.1) is 0 Å². The molecule has 3 aromatic rings. The molecule has 0 amide bonds. The van der Waals surface area contributed by atoms with Crippen molar-refractivity contribution in [3.8, 4) is 0 Å². The Morgan fingerprint density at radius 2 is 1.93 bits per heavy atom. The highest BCUT2D eigenvalue weighted by atomic mass is 19.1. The monoisotopic (exact) mass is 379 g/mol. The summed E-state index contributed by atoms with van der Waals surface area (Å²) in [5.74, 6) is -0.161. The molecule has 0 radical (unpaired) electrons. The molecule has 2 aromatic carbocycles. The lowest BCUT2D eigenvalue weighted by molar-refractivity contribution is 0.123. The minimum Gasteiger partial charge on any atom is -0.357 e. The lowest BCUT2D eigenvalue weighted by Gasteiger charge is -2.41. The van der Waals surface area contributed by atoms with Gasteiger partial charge in [-0.3, -0.25) is 4.90 Å². The van der Waals surface area contributed by atoms with Crippen molar-refractivity contribution in [1.29, 1.82) is 0 Å². The average molecular weight is 380 g/mol. The zero-order chi connectivity index (χ0) is 19.7. The van der Waals surface area contributed by atoms with Crippen LogP contribution >= 0.6 is 0 Å². The van der Waals surface area contributed by atoms with Crippen molar-refractivity contribution in [2.75, 3.05) is 20.6 Å². The first-order chi connectivity index (χ1) is 13.5. The number of H-pyrrole nitrogens is 1. The van der Waals surface area contributed by atoms with Crippen LogP contribution in [0.1, 0.15) is 49.0 Å². The molecule has 4 heteroatoms. The highest BCUT2D eigenvalue weighted by Crippen LogP contribution is 2.39. The third-order valence-electron chi connectivity index (χ3n) is 6.61. The van der Waals surface area contributed by atoms with Gasteiger partial charge in [0.2, 0.25) is 0 Å². The van der Waals surface area contributed by atoms with Crippen molar-refractivity contribution in [1.82, 2.24) is 15.2 Å². The van der Waals surface area contributed by atoms with Crippen LogP contribution in [-0.2, 0) is 12.0 Å². The Labute approximate surface area is 166 Å². The summed E-state index contributed by atoms with van der Waals surface area (Å²) < 4.78 is 13.8. The normalized spacial score (nSPS) is 19.0. The van der Waals surface area contributed by atoms with Gasteiger partial charge in [-0.2, -0.15) is 0 Å². The van der Waals surface area contributed by atoms with Gasteiger partial charge in [0.25, 0.3) is 0 Å². The lowest BCUT2D eigenvalue weighted by atomic mass is 9.80. The minimum absolute atomic E-state index is 0.0126. The summed E-state index contributed by atoms with van der Waals surface area (Å²) in [5, 5.41) is 4.74. The topological polar surface area (TPSA) is 31.1 Å². The molecular formula is C24H30FN3. The molecule has 0 saturated carbocycles. The van der Waals surface area contributed by atoms with E-state index in [1.54, 1.807) is 6.07 Å². The summed E-state index contributed by atoms with van der Waals surface area (Å²) in [7, 11) is 4.36. The Bertz CT molecular complexity index is 947. The average Bonchev–Trinajstić information content (AvgIpc) is 3.08. The SMILES string of the molecule is CCC(CCC1NCCc2c1[nH]c1ccc(F)cc21)(c1ccccc1)N(C)C. The summed E-state index contributed by atoms with van der Waals surface area (Å²) in [6, 6.07) is 16.2. The molecule has 3 nitrogen and oxygen atoms in total. The van der Waals surface area contributed by atoms with Crippen LogP contribution in [0, 0.1) is 5.82 Å². The highest BCUT2D eigenvalue weighted by Gasteiger charge is 2.34. The van der Waals surface area contributed by atoms with Crippen molar-refractivity contribution in [2.24, 2.45) is 0 Å². The summed E-state index contributed by atoms with van der Waals surface area (Å²) in [4.78, 5) is 5.94. The number of hydrogen-bond acceptors (Lipinski definition) is 2. The second-order valence-corrected chi connectivity index (χ2v) is 8.15. The van der Waals surface area contributed by atoms with Gasteiger partial charge in [-0.25, -0.2) is 4.39 Å². The van der Waals surface area contributed by atoms with Gasteiger partial charge >= 0.3 is 0 Å². The summed E-state index contributed by atoms with van der Waals surface area (Å²) in [5.41, 5.74) is 4.95. The van der Waals surface area contributed by atoms with E-state index in [1.165, 1.54) is 22.9 Å². The number of fused-ring (bicyclic) bond motifs is 3. The van der Waals surface area contributed by atoms with Crippen LogP contribution in [0.15, 0.2) is 48.5 Å². The number of rotatable bonds is 6. The van der Waals surface area contributed by atoms with Crippen LogP contribution in [0.4, 0.5) is 4.39 Å². The number of halogens is 1. The molecule has 2 atom stereocenters. The molecular weight excluding hydrogens is 349 g/mol. The maximum absolute atomic E-state index is 13.8. The first-order valence-corrected chi connectivity index (χ1v) is 10.3. The van der Waals surface area contributed by atoms with Gasteiger partial charge in [-0.05, 0) is 75.6 Å². The third-order valence-corrected chi connectivity index (χ3v) is 6.61. The Balaban J connectivity index is 1.64. The number of nitrogens with one attached hydrogen (secondary N) is 2. The molecule has 1 aromatic heterocycles. The lowest BCUT2D eigenvalue weighted by Crippen LogP contribution is -2.42. The fourth-order valence-corrected chi connectivity index (χ4v) is 4.98. The van der Waals surface area contributed by atoms with Gasteiger partial charge in [0.15, 0.2) is 0 Å². The van der Waals surface area contributed by atoms with Crippen molar-refractivity contribution in [2.45, 2.75) is 44.2 Å². The number of benzene rings is 2. The molecule has 2 heterocycles. The first-order valence-electron chi connectivity index (χ1n) is 10.3. The van der Waals surface area contributed by atoms with Crippen LogP contribution in [0.3, 0.4) is 0 Å². The van der Waals surface area contributed by atoms with Crippen molar-refractivity contribution < 1.29 is 4.39 Å². The van der Waals surface area contributed by atoms with E-state index in [2.05, 4.69) is 66.6 Å². The van der Waals surface area contributed by atoms with Crippen molar-refractivity contribution in [3.63, 3.8) is 0 Å². The molecule has 28 heavy (non-hydrogen) atoms. The predicted molar refractivity (Wildman–Crippen MR) is 114 cm³/mol. The van der Waals surface area contributed by atoms with Crippen LogP contribution in [-0.4, -0.2) is 30.5 Å². The number of aromatic nitrogens is 1. The molecule has 4 rings (SSSR count). The summed E-state index contributed by atoms with van der Waals surface area (Å²) >= 11 is 0. The Hall–Kier alpha value is -2.17. The zero-order valence-electron chi connectivity index (χ0n) is 17.1. The predicted octanol–water partition coefficient (Wildman–Crippen LogP) is 5.14. The molecule has 0 aliphatic carbocycles. The Morgan fingerprint density at radius 3 is 2.64 bits per heavy atom. The second-order valence-electron chi connectivity index (χ2n) is 8.15. The van der Waals surface area contributed by atoms with Crippen LogP contribution in [0.2, 0.25) is 0 Å². The highest BCUT2D eigenvalue weighted by molar-refractivity contribution is 5.85. The number of aromatic amines is 1. The molecule has 2 unspecified atom stereocenters. The maximum atomic E-state index is 13.8. The van der Waals surface area contributed by atoms with Gasteiger partial charge in [0.05, 0.1) is 0 Å². The largest absolute Gasteiger partial charge is 0.357 e. The molecule has 1 aliphatic rings. The van der Waals surface area contributed by atoms with Crippen LogP contribution < -0.4 is 5.32 Å². The molecule has 0 fully saturated rings. The maximum Gasteiger partial charge on any atom is 0.123 e. The number of hydrogen-bond donors (Lipinski definition) is 2. The molecule has 1 aliphatic heterocycles. The van der Waals surface area contributed by atoms with E-state index in [4.69, 9.17) is 0 Å². The molecule has 148 valence electrons. The van der Waals surface area contributed by atoms with E-state index in [9.17, 15) is 4.39 Å². The summed E-state index contributed by atoms with van der Waals surface area (Å²) in [6.07, 6.45) is 4.09. The van der Waals surface area contributed by atoms with Crippen LogP contribution in [0.25, 0.3) is 10.9 Å². The van der Waals surface area contributed by atoms with Gasteiger partial charge in [-0.1, -0.05) is 37.3 Å². The zero-order valence-corrected chi connectivity index (χ0v) is 17.1. The van der Waals surface area contributed by atoms with Gasteiger partial charge in [0, 0.05) is 28.2 Å². The minimum atomic E-state index is -0.161. The molecule has 0 bridgehead atoms. The van der Waals surface area contributed by atoms with Crippen LogP contribution in [0.5, 0.6) is 0 Å². The summed E-state index contributed by atoms with van der Waals surface area (Å²) in [6.45, 7) is 3.21. The van der Waals surface area contributed by atoms with Crippen molar-refractivity contribution >= 4 is 10.9 Å². The van der Waals surface area contributed by atoms with E-state index < -0.39 is 0 Å². The fraction of sp³-hybridized carbons (Fsp3) is 0.417. The Morgan fingerprint density at radius 1 is 1.14 bits per heavy atom. The second kappa shape index (κ2) is 7.69. The van der Waals surface area contributed by atoms with E-state index in [0.29, 0.717) is 0 Å². The quantitative estimate of drug-likeness (QED) is 0.621. The molecule has 0 saturated heterocycles. The molecule has 2 N–H and O–H groups in total. The Kier molecular flexibility index (Phi) is 5.26. The fourth-order valence-electron chi connectivity index (χ4n) is 4.98. The standard InChI is InChI=1S/C24H30FN3/c1-4-24(28(2)3,17-8-6-5-7-9-17)14-12-22-23-19(13-15-26-22)20-16-18(25)10-11-21(20)27-23/h5-11,16,22,26-27H,4,12-15H2,1-3H3. The third kappa shape index (κ3) is 3.25. The van der Waals surface area contributed by atoms with E-state index in [-0.39, 0.29) is 17.4 Å². The van der Waals surface area contributed by atoms with E-state index >= 15 is 0 Å². The van der Waals surface area contributed by atoms with E-state index in [1.807, 2.05) is 6.07 Å². The molecule has 0 spiro atoms. The number of nitrogens with zero attached hydrogens (tertiary/aromatic N) is 1. The van der Waals surface area contributed by atoms with Gasteiger partial charge in [0.1, 0.15) is 5.82 Å². The van der Waals surface area contributed by atoms with Gasteiger partial charge < -0.3 is 10.3 Å².